The van der Waals surface area contributed by atoms with Gasteiger partial charge >= 0.3 is 0 Å². The molecule has 7 nitrogen and oxygen atoms in total. The Bertz CT molecular complexity index is 1150. The molecule has 1 aliphatic heterocycles. The highest BCUT2D eigenvalue weighted by Gasteiger charge is 2.20. The summed E-state index contributed by atoms with van der Waals surface area (Å²) in [6.07, 6.45) is 0. The number of hydrogen-bond donors (Lipinski definition) is 1. The third-order valence-electron chi connectivity index (χ3n) is 5.83. The molecule has 1 amide bonds. The van der Waals surface area contributed by atoms with E-state index in [1.165, 1.54) is 23.0 Å². The zero-order valence-corrected chi connectivity index (χ0v) is 21.1. The van der Waals surface area contributed by atoms with E-state index in [-0.39, 0.29) is 11.7 Å². The number of carbonyl (C=O) groups excluding carboxylic acids is 1. The second kappa shape index (κ2) is 11.0. The van der Waals surface area contributed by atoms with E-state index in [9.17, 15) is 4.79 Å². The number of benzene rings is 2. The maximum absolute atomic E-state index is 12.4. The van der Waals surface area contributed by atoms with E-state index in [1.54, 1.807) is 13.2 Å². The number of carbonyl (C=O) groups is 1. The lowest BCUT2D eigenvalue weighted by Crippen LogP contribution is -2.46. The molecule has 1 N–H and O–H groups in total. The van der Waals surface area contributed by atoms with Gasteiger partial charge in [0, 0.05) is 43.6 Å². The topological polar surface area (TPSA) is 70.6 Å². The van der Waals surface area contributed by atoms with E-state index in [1.807, 2.05) is 44.2 Å². The van der Waals surface area contributed by atoms with Crippen molar-refractivity contribution in [1.29, 1.82) is 0 Å². The smallest absolute Gasteiger partial charge is 0.234 e. The Hall–Kier alpha value is -2.97. The van der Waals surface area contributed by atoms with Crippen LogP contribution in [0.5, 0.6) is 5.75 Å². The minimum Gasteiger partial charge on any atom is -0.497 e. The first-order valence-electron chi connectivity index (χ1n) is 11.1. The van der Waals surface area contributed by atoms with Gasteiger partial charge in [0.25, 0.3) is 0 Å². The van der Waals surface area contributed by atoms with Gasteiger partial charge in [-0.1, -0.05) is 29.4 Å². The lowest BCUT2D eigenvalue weighted by atomic mass is 10.1. The molecule has 0 aliphatic carbocycles. The Balaban J connectivity index is 1.33. The molecule has 0 spiro atoms. The molecule has 178 valence electrons. The molecule has 1 aromatic heterocycles. The number of halogens is 1. The van der Waals surface area contributed by atoms with E-state index in [4.69, 9.17) is 16.3 Å². The largest absolute Gasteiger partial charge is 0.497 e. The summed E-state index contributed by atoms with van der Waals surface area (Å²) in [6.45, 7) is 7.44. The Morgan fingerprint density at radius 3 is 2.38 bits per heavy atom. The molecule has 1 aliphatic rings. The van der Waals surface area contributed by atoms with Crippen molar-refractivity contribution in [1.82, 2.24) is 9.97 Å². The summed E-state index contributed by atoms with van der Waals surface area (Å²) in [5.74, 6) is 1.74. The van der Waals surface area contributed by atoms with Crippen LogP contribution in [0.25, 0.3) is 0 Å². The molecule has 0 bridgehead atoms. The number of thioether (sulfide) groups is 1. The van der Waals surface area contributed by atoms with Crippen LogP contribution in [0.4, 0.5) is 17.2 Å². The van der Waals surface area contributed by atoms with Crippen LogP contribution < -0.4 is 19.9 Å². The van der Waals surface area contributed by atoms with E-state index < -0.39 is 0 Å². The van der Waals surface area contributed by atoms with Gasteiger partial charge in [-0.15, -0.1) is 0 Å². The highest BCUT2D eigenvalue weighted by molar-refractivity contribution is 7.99. The molecule has 4 rings (SSSR count). The number of hydrogen-bond acceptors (Lipinski definition) is 7. The summed E-state index contributed by atoms with van der Waals surface area (Å²) in [5, 5.41) is 3.80. The van der Waals surface area contributed by atoms with E-state index in [0.717, 1.165) is 49.0 Å². The lowest BCUT2D eigenvalue weighted by molar-refractivity contribution is -0.113. The second-order valence-corrected chi connectivity index (χ2v) is 9.47. The van der Waals surface area contributed by atoms with Crippen molar-refractivity contribution >= 4 is 46.5 Å². The van der Waals surface area contributed by atoms with Crippen LogP contribution in [0.2, 0.25) is 5.15 Å². The zero-order valence-electron chi connectivity index (χ0n) is 19.5. The minimum absolute atomic E-state index is 0.105. The van der Waals surface area contributed by atoms with Crippen molar-refractivity contribution in [3.63, 3.8) is 0 Å². The molecule has 0 saturated carbocycles. The fraction of sp³-hybridized carbons (Fsp3) is 0.320. The average molecular weight is 498 g/mol. The van der Waals surface area contributed by atoms with Crippen LogP contribution in [-0.2, 0) is 4.79 Å². The van der Waals surface area contributed by atoms with E-state index in [0.29, 0.717) is 10.3 Å². The Morgan fingerprint density at radius 1 is 1.00 bits per heavy atom. The first kappa shape index (κ1) is 24.2. The summed E-state index contributed by atoms with van der Waals surface area (Å²) in [6, 6.07) is 15.8. The van der Waals surface area contributed by atoms with Crippen LogP contribution in [0.15, 0.2) is 53.7 Å². The molecule has 1 saturated heterocycles. The van der Waals surface area contributed by atoms with Gasteiger partial charge in [-0.2, -0.15) is 0 Å². The lowest BCUT2D eigenvalue weighted by Gasteiger charge is -2.36. The van der Waals surface area contributed by atoms with Crippen molar-refractivity contribution in [3.8, 4) is 5.75 Å². The molecule has 2 aromatic carbocycles. The number of amides is 1. The maximum atomic E-state index is 12.4. The summed E-state index contributed by atoms with van der Waals surface area (Å²) < 4.78 is 5.25. The van der Waals surface area contributed by atoms with Gasteiger partial charge in [0.2, 0.25) is 5.91 Å². The fourth-order valence-corrected chi connectivity index (χ4v) is 4.63. The predicted octanol–water partition coefficient (Wildman–Crippen LogP) is 4.81. The van der Waals surface area contributed by atoms with Crippen molar-refractivity contribution in [2.75, 3.05) is 54.2 Å². The SMILES string of the molecule is COc1ccc(N2CCN(c3cc(Cl)nc(SCC(=O)Nc4ccc(C)c(C)c4)n3)CC2)cc1. The van der Waals surface area contributed by atoms with Crippen molar-refractivity contribution < 1.29 is 9.53 Å². The third-order valence-corrected chi connectivity index (χ3v) is 6.87. The van der Waals surface area contributed by atoms with E-state index in [2.05, 4.69) is 37.2 Å². The first-order valence-corrected chi connectivity index (χ1v) is 12.5. The van der Waals surface area contributed by atoms with E-state index >= 15 is 0 Å². The van der Waals surface area contributed by atoms with Crippen molar-refractivity contribution in [2.45, 2.75) is 19.0 Å². The number of aromatic nitrogens is 2. The summed E-state index contributed by atoms with van der Waals surface area (Å²) >= 11 is 7.57. The number of nitrogens with zero attached hydrogens (tertiary/aromatic N) is 4. The number of piperazine rings is 1. The summed E-state index contributed by atoms with van der Waals surface area (Å²) in [7, 11) is 1.67. The van der Waals surface area contributed by atoms with Gasteiger partial charge in [-0.05, 0) is 61.4 Å². The minimum atomic E-state index is -0.105. The van der Waals surface area contributed by atoms with Gasteiger partial charge < -0.3 is 19.9 Å². The highest BCUT2D eigenvalue weighted by Crippen LogP contribution is 2.25. The van der Waals surface area contributed by atoms with Gasteiger partial charge in [-0.25, -0.2) is 9.97 Å². The van der Waals surface area contributed by atoms with Crippen LogP contribution in [0.3, 0.4) is 0 Å². The van der Waals surface area contributed by atoms with Crippen molar-refractivity contribution in [3.05, 3.63) is 64.8 Å². The van der Waals surface area contributed by atoms with Gasteiger partial charge in [0.1, 0.15) is 16.7 Å². The highest BCUT2D eigenvalue weighted by atomic mass is 35.5. The summed E-state index contributed by atoms with van der Waals surface area (Å²) in [5.41, 5.74) is 4.29. The van der Waals surface area contributed by atoms with Crippen LogP contribution in [0.1, 0.15) is 11.1 Å². The van der Waals surface area contributed by atoms with Crippen LogP contribution in [-0.4, -0.2) is 54.9 Å². The fourth-order valence-electron chi connectivity index (χ4n) is 3.75. The molecular weight excluding hydrogens is 470 g/mol. The molecule has 3 aromatic rings. The normalized spacial score (nSPS) is 13.6. The number of methoxy groups -OCH3 is 1. The van der Waals surface area contributed by atoms with Crippen molar-refractivity contribution in [2.24, 2.45) is 0 Å². The molecule has 0 unspecified atom stereocenters. The Labute approximate surface area is 209 Å². The maximum Gasteiger partial charge on any atom is 0.234 e. The zero-order chi connectivity index (χ0) is 24.1. The Morgan fingerprint density at radius 2 is 1.71 bits per heavy atom. The van der Waals surface area contributed by atoms with Crippen LogP contribution in [0, 0.1) is 13.8 Å². The monoisotopic (exact) mass is 497 g/mol. The molecule has 9 heteroatoms. The quantitative estimate of drug-likeness (QED) is 0.285. The predicted molar refractivity (Wildman–Crippen MR) is 140 cm³/mol. The number of nitrogens with one attached hydrogen (secondary N) is 1. The van der Waals surface area contributed by atoms with Gasteiger partial charge in [-0.3, -0.25) is 4.79 Å². The first-order chi connectivity index (χ1) is 16.4. The standard InChI is InChI=1S/C25H28ClN5O2S/c1-17-4-5-19(14-18(17)2)27-24(32)16-34-25-28-22(26)15-23(29-25)31-12-10-30(11-13-31)20-6-8-21(33-3)9-7-20/h4-9,14-15H,10-13,16H2,1-3H3,(H,27,32). The number of aryl methyl sites for hydroxylation is 2. The van der Waals surface area contributed by atoms with Gasteiger partial charge in [0.05, 0.1) is 12.9 Å². The number of rotatable bonds is 7. The molecule has 1 fully saturated rings. The molecule has 34 heavy (non-hydrogen) atoms. The van der Waals surface area contributed by atoms with Crippen LogP contribution >= 0.6 is 23.4 Å². The molecule has 2 heterocycles. The molecule has 0 radical (unpaired) electrons. The third kappa shape index (κ3) is 6.12. The molecular formula is C25H28ClN5O2S. The Kier molecular flexibility index (Phi) is 7.80. The second-order valence-electron chi connectivity index (χ2n) is 8.14. The molecule has 0 atom stereocenters. The average Bonchev–Trinajstić information content (AvgIpc) is 2.85. The summed E-state index contributed by atoms with van der Waals surface area (Å²) in [4.78, 5) is 25.9. The number of ether oxygens (including phenoxy) is 1. The van der Waals surface area contributed by atoms with Gasteiger partial charge in [0.15, 0.2) is 5.16 Å². The number of anilines is 3.